The highest BCUT2D eigenvalue weighted by atomic mass is 19.1. The van der Waals surface area contributed by atoms with Gasteiger partial charge in [-0.25, -0.2) is 23.1 Å². The number of rotatable bonds is 7. The zero-order valence-corrected chi connectivity index (χ0v) is 22.0. The van der Waals surface area contributed by atoms with Gasteiger partial charge in [0, 0.05) is 37.2 Å². The predicted octanol–water partition coefficient (Wildman–Crippen LogP) is 4.54. The summed E-state index contributed by atoms with van der Waals surface area (Å²) in [4.78, 5) is 28.7. The van der Waals surface area contributed by atoms with E-state index in [4.69, 9.17) is 9.72 Å². The van der Waals surface area contributed by atoms with Gasteiger partial charge in [0.15, 0.2) is 17.3 Å². The third kappa shape index (κ3) is 5.82. The molecule has 3 aromatic rings. The van der Waals surface area contributed by atoms with Gasteiger partial charge >= 0.3 is 0 Å². The van der Waals surface area contributed by atoms with E-state index in [2.05, 4.69) is 20.6 Å². The Morgan fingerprint density at radius 3 is 2.51 bits per heavy atom. The number of nitrogens with one attached hydrogen (secondary N) is 2. The van der Waals surface area contributed by atoms with Crippen molar-refractivity contribution in [3.63, 3.8) is 0 Å². The van der Waals surface area contributed by atoms with Crippen molar-refractivity contribution < 1.29 is 27.8 Å². The summed E-state index contributed by atoms with van der Waals surface area (Å²) in [5.41, 5.74) is 0.400. The fourth-order valence-corrected chi connectivity index (χ4v) is 6.13. The Bertz CT molecular complexity index is 1370. The highest BCUT2D eigenvalue weighted by molar-refractivity contribution is 5.80. The van der Waals surface area contributed by atoms with Crippen LogP contribution in [0.4, 0.5) is 30.8 Å². The molecule has 6 rings (SSSR count). The number of hydrogen-bond donors (Lipinski definition) is 3. The Balaban J connectivity index is 0.00000337. The van der Waals surface area contributed by atoms with Crippen molar-refractivity contribution in [2.75, 3.05) is 37.0 Å². The largest absolute Gasteiger partial charge is 0.394 e. The topological polar surface area (TPSA) is 117 Å². The van der Waals surface area contributed by atoms with Crippen LogP contribution in [-0.4, -0.2) is 73.9 Å². The van der Waals surface area contributed by atoms with Gasteiger partial charge in [-0.05, 0) is 44.9 Å². The van der Waals surface area contributed by atoms with Gasteiger partial charge in [-0.1, -0.05) is 7.43 Å². The highest BCUT2D eigenvalue weighted by Crippen LogP contribution is 2.39. The number of aliphatic hydroxyl groups excluding tert-OH is 1. The second-order valence-corrected chi connectivity index (χ2v) is 10.8. The van der Waals surface area contributed by atoms with Crippen LogP contribution in [0.2, 0.25) is 0 Å². The number of imidazole rings is 1. The number of ether oxygens (including phenoxy) is 1. The maximum Gasteiger partial charge on any atom is 0.226 e. The summed E-state index contributed by atoms with van der Waals surface area (Å²) in [6, 6.07) is 1.01. The van der Waals surface area contributed by atoms with E-state index in [9.17, 15) is 23.1 Å². The molecular weight excluding hydrogens is 539 g/mol. The smallest absolute Gasteiger partial charge is 0.226 e. The first kappa shape index (κ1) is 29.1. The minimum atomic E-state index is -1.08. The molecule has 3 fully saturated rings. The van der Waals surface area contributed by atoms with Gasteiger partial charge in [-0.15, -0.1) is 0 Å². The van der Waals surface area contributed by atoms with Crippen LogP contribution in [-0.2, 0) is 9.53 Å². The van der Waals surface area contributed by atoms with Crippen LogP contribution < -0.4 is 10.6 Å². The van der Waals surface area contributed by atoms with Crippen LogP contribution in [0, 0.1) is 23.4 Å². The number of aliphatic hydroxyl groups is 1. The summed E-state index contributed by atoms with van der Waals surface area (Å²) in [7, 11) is 0. The molecule has 4 heterocycles. The Morgan fingerprint density at radius 2 is 1.83 bits per heavy atom. The van der Waals surface area contributed by atoms with Crippen LogP contribution in [0.5, 0.6) is 0 Å². The van der Waals surface area contributed by atoms with Crippen molar-refractivity contribution in [3.8, 4) is 0 Å². The van der Waals surface area contributed by atoms with E-state index in [-0.39, 0.29) is 49.9 Å². The van der Waals surface area contributed by atoms with E-state index in [1.54, 1.807) is 6.20 Å². The SMILES string of the molecule is C.O=C(C1CCC(n2c(Nc3c(F)cc(F)cc3F)nc3cnc(N[C@H]4CCOC4)nc32)CC1)N1CCC[C@H]1CO. The third-order valence-corrected chi connectivity index (χ3v) is 8.22. The molecule has 1 amide bonds. The average molecular weight is 576 g/mol. The number of benzene rings is 1. The summed E-state index contributed by atoms with van der Waals surface area (Å²) >= 11 is 0. The van der Waals surface area contributed by atoms with E-state index in [1.165, 1.54) is 0 Å². The first-order valence-corrected chi connectivity index (χ1v) is 13.8. The molecular formula is C28H36F3N7O3. The Hall–Kier alpha value is -3.45. The van der Waals surface area contributed by atoms with E-state index < -0.39 is 23.1 Å². The summed E-state index contributed by atoms with van der Waals surface area (Å²) in [5, 5.41) is 15.7. The lowest BCUT2D eigenvalue weighted by atomic mass is 9.85. The standard InChI is InChI=1S/C27H32F3N7O3.CH4/c28-16-10-20(29)23(21(30)11-16)34-27-33-22-12-31-26(32-17-7-9-40-14-17)35-24(22)37(27)18-5-3-15(4-6-18)25(39)36-8-1-2-19(36)13-38;/h10-12,15,17-19,38H,1-9,13-14H2,(H,33,34)(H,31,32,35);1H4/t15?,17-,18?,19-;/m0./s1. The first-order chi connectivity index (χ1) is 19.4. The number of hydrogen-bond acceptors (Lipinski definition) is 8. The number of aromatic nitrogens is 4. The molecule has 2 aromatic heterocycles. The summed E-state index contributed by atoms with van der Waals surface area (Å²) in [6.07, 6.45) is 6.55. The molecule has 3 N–H and O–H groups in total. The van der Waals surface area contributed by atoms with E-state index >= 15 is 0 Å². The molecule has 0 bridgehead atoms. The second kappa shape index (κ2) is 12.2. The number of nitrogens with zero attached hydrogens (tertiary/aromatic N) is 5. The molecule has 1 saturated carbocycles. The lowest BCUT2D eigenvalue weighted by Gasteiger charge is -2.33. The van der Waals surface area contributed by atoms with Crippen LogP contribution in [0.3, 0.4) is 0 Å². The van der Waals surface area contributed by atoms with Crippen molar-refractivity contribution in [2.24, 2.45) is 5.92 Å². The lowest BCUT2D eigenvalue weighted by molar-refractivity contribution is -0.138. The maximum atomic E-state index is 14.6. The fraction of sp³-hybridized carbons (Fsp3) is 0.571. The van der Waals surface area contributed by atoms with Crippen molar-refractivity contribution in [1.29, 1.82) is 0 Å². The molecule has 0 spiro atoms. The number of carbonyl (C=O) groups excluding carboxylic acids is 1. The number of fused-ring (bicyclic) bond motifs is 1. The zero-order chi connectivity index (χ0) is 27.8. The molecule has 41 heavy (non-hydrogen) atoms. The lowest BCUT2D eigenvalue weighted by Crippen LogP contribution is -2.42. The van der Waals surface area contributed by atoms with Gasteiger partial charge in [0.2, 0.25) is 17.8 Å². The molecule has 0 unspecified atom stereocenters. The molecule has 2 atom stereocenters. The highest BCUT2D eigenvalue weighted by Gasteiger charge is 2.36. The van der Waals surface area contributed by atoms with Crippen molar-refractivity contribution in [2.45, 2.75) is 70.5 Å². The number of halogens is 3. The van der Waals surface area contributed by atoms with Crippen LogP contribution in [0.25, 0.3) is 11.2 Å². The number of anilines is 3. The van der Waals surface area contributed by atoms with Crippen molar-refractivity contribution in [1.82, 2.24) is 24.4 Å². The number of carbonyl (C=O) groups is 1. The monoisotopic (exact) mass is 575 g/mol. The molecule has 3 aliphatic rings. The average Bonchev–Trinajstić information content (AvgIpc) is 3.70. The first-order valence-electron chi connectivity index (χ1n) is 13.8. The summed E-state index contributed by atoms with van der Waals surface area (Å²) in [5.74, 6) is -2.71. The molecule has 10 nitrogen and oxygen atoms in total. The van der Waals surface area contributed by atoms with Crippen molar-refractivity contribution in [3.05, 3.63) is 35.8 Å². The van der Waals surface area contributed by atoms with E-state index in [1.807, 2.05) is 9.47 Å². The van der Waals surface area contributed by atoms with Crippen molar-refractivity contribution >= 4 is 34.7 Å². The van der Waals surface area contributed by atoms with Crippen LogP contribution in [0.15, 0.2) is 18.3 Å². The molecule has 2 aliphatic heterocycles. The summed E-state index contributed by atoms with van der Waals surface area (Å²) in [6.45, 7) is 1.83. The van der Waals surface area contributed by atoms with Gasteiger partial charge in [-0.2, -0.15) is 4.98 Å². The molecule has 1 aliphatic carbocycles. The number of amides is 1. The number of likely N-dealkylation sites (tertiary alicyclic amines) is 1. The molecule has 1 aromatic carbocycles. The normalized spacial score (nSPS) is 24.4. The third-order valence-electron chi connectivity index (χ3n) is 8.22. The van der Waals surface area contributed by atoms with Crippen LogP contribution >= 0.6 is 0 Å². The molecule has 13 heteroatoms. The van der Waals surface area contributed by atoms with Gasteiger partial charge in [0.1, 0.15) is 17.0 Å². The van der Waals surface area contributed by atoms with Gasteiger partial charge in [-0.3, -0.25) is 9.36 Å². The minimum absolute atomic E-state index is 0. The molecule has 222 valence electrons. The minimum Gasteiger partial charge on any atom is -0.394 e. The Labute approximate surface area is 236 Å². The van der Waals surface area contributed by atoms with Gasteiger partial charge < -0.3 is 25.4 Å². The zero-order valence-electron chi connectivity index (χ0n) is 22.0. The Kier molecular flexibility index (Phi) is 8.64. The molecule has 2 saturated heterocycles. The Morgan fingerprint density at radius 1 is 1.07 bits per heavy atom. The van der Waals surface area contributed by atoms with Gasteiger partial charge in [0.25, 0.3) is 0 Å². The second-order valence-electron chi connectivity index (χ2n) is 10.8. The fourth-order valence-electron chi connectivity index (χ4n) is 6.13. The quantitative estimate of drug-likeness (QED) is 0.376. The maximum absolute atomic E-state index is 14.6. The van der Waals surface area contributed by atoms with E-state index in [0.717, 1.165) is 19.3 Å². The van der Waals surface area contributed by atoms with E-state index in [0.29, 0.717) is 74.7 Å². The predicted molar refractivity (Wildman–Crippen MR) is 147 cm³/mol. The summed E-state index contributed by atoms with van der Waals surface area (Å²) < 4.78 is 49.9. The van der Waals surface area contributed by atoms with Gasteiger partial charge in [0.05, 0.1) is 31.5 Å². The molecule has 0 radical (unpaired) electrons. The van der Waals surface area contributed by atoms with Crippen LogP contribution in [0.1, 0.15) is 58.4 Å².